The van der Waals surface area contributed by atoms with Gasteiger partial charge in [-0.2, -0.15) is 0 Å². The lowest BCUT2D eigenvalue weighted by Gasteiger charge is -2.22. The highest BCUT2D eigenvalue weighted by Gasteiger charge is 2.36. The Bertz CT molecular complexity index is 902. The Hall–Kier alpha value is -1.61. The lowest BCUT2D eigenvalue weighted by Crippen LogP contribution is -2.15. The van der Waals surface area contributed by atoms with Crippen molar-refractivity contribution in [3.05, 3.63) is 80.9 Å². The van der Waals surface area contributed by atoms with Crippen molar-refractivity contribution in [3.8, 4) is 22.3 Å². The molecule has 0 nitrogen and oxygen atoms in total. The zero-order valence-electron chi connectivity index (χ0n) is 13.7. The molecule has 1 aliphatic rings. The summed E-state index contributed by atoms with van der Waals surface area (Å²) >= 11 is 2.35. The van der Waals surface area contributed by atoms with Crippen molar-refractivity contribution < 1.29 is 0 Å². The molecule has 0 fully saturated rings. The van der Waals surface area contributed by atoms with Crippen LogP contribution in [0.15, 0.2) is 60.7 Å². The van der Waals surface area contributed by atoms with E-state index in [1.54, 1.807) is 0 Å². The number of hydrogen-bond acceptors (Lipinski definition) is 0. The van der Waals surface area contributed by atoms with Crippen LogP contribution in [0.1, 0.15) is 30.5 Å². The first-order chi connectivity index (χ1) is 11.0. The van der Waals surface area contributed by atoms with Gasteiger partial charge in [-0.1, -0.05) is 56.3 Å². The van der Waals surface area contributed by atoms with Gasteiger partial charge in [0.25, 0.3) is 0 Å². The topological polar surface area (TPSA) is 0 Å². The van der Waals surface area contributed by atoms with Gasteiger partial charge in [0.05, 0.1) is 0 Å². The van der Waals surface area contributed by atoms with Crippen LogP contribution < -0.4 is 0 Å². The molecule has 4 rings (SSSR count). The number of fused-ring (bicyclic) bond motifs is 3. The Morgan fingerprint density at radius 3 is 2.22 bits per heavy atom. The molecule has 0 saturated carbocycles. The number of benzene rings is 3. The molecule has 1 heteroatoms. The van der Waals surface area contributed by atoms with Crippen molar-refractivity contribution in [2.75, 3.05) is 0 Å². The van der Waals surface area contributed by atoms with Crippen LogP contribution in [0.5, 0.6) is 0 Å². The smallest absolute Gasteiger partial charge is 0.0159 e. The molecule has 0 heterocycles. The first kappa shape index (κ1) is 14.9. The highest BCUT2D eigenvalue weighted by atomic mass is 127. The standard InChI is InChI=1S/C22H19I/c1-14-5-4-6-19-21(14)18-12-9-16(13-20(18)22(19,2)3)15-7-10-17(23)11-8-15/h4-13H,1-3H3. The van der Waals surface area contributed by atoms with Gasteiger partial charge >= 0.3 is 0 Å². The number of hydrogen-bond donors (Lipinski definition) is 0. The summed E-state index contributed by atoms with van der Waals surface area (Å²) in [5, 5.41) is 0. The van der Waals surface area contributed by atoms with Gasteiger partial charge in [0, 0.05) is 8.99 Å². The molecule has 0 aliphatic heterocycles. The Labute approximate surface area is 151 Å². The zero-order valence-corrected chi connectivity index (χ0v) is 15.8. The first-order valence-electron chi connectivity index (χ1n) is 7.99. The third kappa shape index (κ3) is 2.25. The van der Waals surface area contributed by atoms with Crippen LogP contribution in [0, 0.1) is 10.5 Å². The van der Waals surface area contributed by atoms with Crippen molar-refractivity contribution >= 4 is 22.6 Å². The van der Waals surface area contributed by atoms with Crippen LogP contribution in [0.3, 0.4) is 0 Å². The SMILES string of the molecule is Cc1cccc2c1-c1ccc(-c3ccc(I)cc3)cc1C2(C)C. The van der Waals surface area contributed by atoms with E-state index in [9.17, 15) is 0 Å². The highest BCUT2D eigenvalue weighted by Crippen LogP contribution is 2.50. The third-order valence-electron chi connectivity index (χ3n) is 5.09. The van der Waals surface area contributed by atoms with Crippen LogP contribution in [-0.2, 0) is 5.41 Å². The molecule has 0 amide bonds. The van der Waals surface area contributed by atoms with Gasteiger partial charge in [-0.3, -0.25) is 0 Å². The van der Waals surface area contributed by atoms with Crippen LogP contribution in [0.2, 0.25) is 0 Å². The van der Waals surface area contributed by atoms with Gasteiger partial charge in [0.1, 0.15) is 0 Å². The maximum atomic E-state index is 2.39. The number of rotatable bonds is 1. The van der Waals surface area contributed by atoms with E-state index >= 15 is 0 Å². The predicted octanol–water partition coefficient (Wildman–Crippen LogP) is 6.57. The number of halogens is 1. The summed E-state index contributed by atoms with van der Waals surface area (Å²) in [5.74, 6) is 0. The average molecular weight is 410 g/mol. The fraction of sp³-hybridized carbons (Fsp3) is 0.182. The minimum atomic E-state index is 0.0654. The molecule has 0 radical (unpaired) electrons. The Balaban J connectivity index is 1.93. The fourth-order valence-electron chi connectivity index (χ4n) is 3.79. The lowest BCUT2D eigenvalue weighted by molar-refractivity contribution is 0.660. The minimum Gasteiger partial charge on any atom is -0.0617 e. The summed E-state index contributed by atoms with van der Waals surface area (Å²) in [6.07, 6.45) is 0. The second kappa shape index (κ2) is 5.20. The fourth-order valence-corrected chi connectivity index (χ4v) is 4.15. The van der Waals surface area contributed by atoms with Gasteiger partial charge in [-0.05, 0) is 86.7 Å². The lowest BCUT2D eigenvalue weighted by atomic mass is 9.81. The van der Waals surface area contributed by atoms with Crippen LogP contribution in [0.25, 0.3) is 22.3 Å². The Morgan fingerprint density at radius 2 is 1.48 bits per heavy atom. The van der Waals surface area contributed by atoms with E-state index in [2.05, 4.69) is 104 Å². The molecule has 0 aromatic heterocycles. The molecule has 0 bridgehead atoms. The van der Waals surface area contributed by atoms with E-state index in [1.165, 1.54) is 42.5 Å². The summed E-state index contributed by atoms with van der Waals surface area (Å²) in [4.78, 5) is 0. The molecule has 0 saturated heterocycles. The minimum absolute atomic E-state index is 0.0654. The van der Waals surface area contributed by atoms with E-state index in [-0.39, 0.29) is 5.41 Å². The Kier molecular flexibility index (Phi) is 3.38. The van der Waals surface area contributed by atoms with E-state index in [0.717, 1.165) is 0 Å². The molecule has 0 unspecified atom stereocenters. The van der Waals surface area contributed by atoms with Gasteiger partial charge in [0.15, 0.2) is 0 Å². The van der Waals surface area contributed by atoms with E-state index in [1.807, 2.05) is 0 Å². The molecular weight excluding hydrogens is 391 g/mol. The molecular formula is C22H19I. The van der Waals surface area contributed by atoms with Crippen molar-refractivity contribution in [3.63, 3.8) is 0 Å². The van der Waals surface area contributed by atoms with Gasteiger partial charge < -0.3 is 0 Å². The summed E-state index contributed by atoms with van der Waals surface area (Å²) in [6, 6.07) is 22.4. The van der Waals surface area contributed by atoms with Gasteiger partial charge in [0.2, 0.25) is 0 Å². The largest absolute Gasteiger partial charge is 0.0617 e. The van der Waals surface area contributed by atoms with Crippen LogP contribution in [-0.4, -0.2) is 0 Å². The van der Waals surface area contributed by atoms with Crippen molar-refractivity contribution in [2.24, 2.45) is 0 Å². The molecule has 3 aromatic carbocycles. The predicted molar refractivity (Wildman–Crippen MR) is 107 cm³/mol. The van der Waals surface area contributed by atoms with Crippen LogP contribution in [0.4, 0.5) is 0 Å². The van der Waals surface area contributed by atoms with E-state index < -0.39 is 0 Å². The maximum Gasteiger partial charge on any atom is 0.0159 e. The summed E-state index contributed by atoms with van der Waals surface area (Å²) in [5.41, 5.74) is 9.76. The molecule has 1 aliphatic carbocycles. The highest BCUT2D eigenvalue weighted by molar-refractivity contribution is 14.1. The number of aryl methyl sites for hydroxylation is 1. The van der Waals surface area contributed by atoms with Crippen molar-refractivity contribution in [1.82, 2.24) is 0 Å². The summed E-state index contributed by atoms with van der Waals surface area (Å²) in [6.45, 7) is 6.90. The normalized spacial score (nSPS) is 14.4. The summed E-state index contributed by atoms with van der Waals surface area (Å²) in [7, 11) is 0. The molecule has 0 N–H and O–H groups in total. The quantitative estimate of drug-likeness (QED) is 0.398. The van der Waals surface area contributed by atoms with Gasteiger partial charge in [-0.25, -0.2) is 0 Å². The molecule has 114 valence electrons. The zero-order chi connectivity index (χ0) is 16.2. The van der Waals surface area contributed by atoms with Gasteiger partial charge in [-0.15, -0.1) is 0 Å². The summed E-state index contributed by atoms with van der Waals surface area (Å²) < 4.78 is 1.27. The average Bonchev–Trinajstić information content (AvgIpc) is 2.77. The first-order valence-corrected chi connectivity index (χ1v) is 9.07. The van der Waals surface area contributed by atoms with E-state index in [4.69, 9.17) is 0 Å². The van der Waals surface area contributed by atoms with E-state index in [0.29, 0.717) is 0 Å². The monoisotopic (exact) mass is 410 g/mol. The van der Waals surface area contributed by atoms with Crippen molar-refractivity contribution in [2.45, 2.75) is 26.2 Å². The third-order valence-corrected chi connectivity index (χ3v) is 5.81. The molecule has 3 aromatic rings. The second-order valence-corrected chi connectivity index (χ2v) is 8.14. The second-order valence-electron chi connectivity index (χ2n) is 6.89. The molecule has 0 spiro atoms. The van der Waals surface area contributed by atoms with Crippen LogP contribution >= 0.6 is 22.6 Å². The maximum absolute atomic E-state index is 2.39. The molecule has 0 atom stereocenters. The Morgan fingerprint density at radius 1 is 0.783 bits per heavy atom. The van der Waals surface area contributed by atoms with Crippen molar-refractivity contribution in [1.29, 1.82) is 0 Å². The molecule has 23 heavy (non-hydrogen) atoms.